The van der Waals surface area contributed by atoms with E-state index in [1.54, 1.807) is 0 Å². The number of H-pyrrole nitrogens is 2. The van der Waals surface area contributed by atoms with Crippen LogP contribution in [-0.2, 0) is 19.1 Å². The van der Waals surface area contributed by atoms with E-state index in [2.05, 4.69) is 80.3 Å². The van der Waals surface area contributed by atoms with E-state index in [1.165, 1.54) is 0 Å². The molecule has 2 amide bonds. The third-order valence-electron chi connectivity index (χ3n) is 11.2. The number of hydrogen-bond donors (Lipinski definition) is 6. The predicted octanol–water partition coefficient (Wildman–Crippen LogP) is 8.33. The Labute approximate surface area is 343 Å². The number of carbonyl (C=O) groups excluding carboxylic acids is 2. The maximum atomic E-state index is 12.8. The molecule has 0 saturated heterocycles. The smallest absolute Gasteiger partial charge is 0.220 e. The van der Waals surface area contributed by atoms with Gasteiger partial charge in [-0.05, 0) is 125 Å². The minimum Gasteiger partial charge on any atom is -0.395 e. The highest BCUT2D eigenvalue weighted by Crippen LogP contribution is 2.39. The second-order valence-electron chi connectivity index (χ2n) is 15.4. The number of aryl methyl sites for hydroxylation is 2. The molecule has 2 aliphatic rings. The van der Waals surface area contributed by atoms with Gasteiger partial charge >= 0.3 is 0 Å². The van der Waals surface area contributed by atoms with Gasteiger partial charge in [-0.2, -0.15) is 0 Å². The third-order valence-corrected chi connectivity index (χ3v) is 11.2. The van der Waals surface area contributed by atoms with Gasteiger partial charge in [-0.3, -0.25) is 9.59 Å². The van der Waals surface area contributed by atoms with E-state index in [4.69, 9.17) is 19.4 Å². The van der Waals surface area contributed by atoms with Gasteiger partial charge < -0.3 is 40.3 Å². The average Bonchev–Trinajstić information content (AvgIpc) is 3.87. The fraction of sp³-hybridized carbons (Fsp3) is 0.522. The topological polar surface area (TPSA) is 174 Å². The number of aliphatic hydroxyl groups excluding tert-OH is 2. The van der Waals surface area contributed by atoms with Crippen LogP contribution in [-0.4, -0.2) is 81.5 Å². The molecule has 0 fully saturated rings. The summed E-state index contributed by atoms with van der Waals surface area (Å²) in [7, 11) is 0. The number of hydrogen-bond acceptors (Lipinski definition) is 8. The molecule has 2 unspecified atom stereocenters. The minimum absolute atomic E-state index is 0.127. The van der Waals surface area contributed by atoms with E-state index < -0.39 is 0 Å². The fourth-order valence-corrected chi connectivity index (χ4v) is 7.84. The first-order chi connectivity index (χ1) is 27.9. The van der Waals surface area contributed by atoms with Gasteiger partial charge in [0, 0.05) is 72.3 Å². The molecule has 2 atom stereocenters. The Morgan fingerprint density at radius 2 is 1.05 bits per heavy atom. The molecule has 0 radical (unpaired) electrons. The minimum atomic E-state index is -0.189. The van der Waals surface area contributed by atoms with Crippen LogP contribution < -0.4 is 10.6 Å². The summed E-state index contributed by atoms with van der Waals surface area (Å²) in [6.45, 7) is 18.3. The lowest BCUT2D eigenvalue weighted by Crippen LogP contribution is -2.26. The van der Waals surface area contributed by atoms with Crippen LogP contribution in [0.25, 0.3) is 44.4 Å². The summed E-state index contributed by atoms with van der Waals surface area (Å²) in [5.74, 6) is -0.298. The van der Waals surface area contributed by atoms with Gasteiger partial charge in [-0.25, -0.2) is 9.97 Å². The van der Waals surface area contributed by atoms with E-state index >= 15 is 0 Å². The van der Waals surface area contributed by atoms with Crippen molar-refractivity contribution in [3.63, 3.8) is 0 Å². The number of carbonyl (C=O) groups is 2. The quantitative estimate of drug-likeness (QED) is 0.0619. The SMILES string of the molecule is CCCCOC(C)c1c(C)c2cc3[nH]c(cc4nc(cc5nc(cc1[nH]2)C(C)=C5CCC(=O)NCCO)C(CCC(=O)NCCO)=C4C)c(C)c3C(C)OCCCC. The van der Waals surface area contributed by atoms with Crippen molar-refractivity contribution >= 4 is 56.2 Å². The number of aromatic amines is 2. The number of rotatable bonds is 20. The molecule has 12 heteroatoms. The van der Waals surface area contributed by atoms with Crippen LogP contribution >= 0.6 is 0 Å². The summed E-state index contributed by atoms with van der Waals surface area (Å²) in [5.41, 5.74) is 14.8. The standard InChI is InChI=1S/C46H64N6O6/c1-9-11-21-57-31(7)45-29(5)37-23-35-27(3)33(13-15-43(55)47-17-19-53)39(49-35)26-40-34(14-16-44(56)48-18-20-54)28(4)36(50-40)24-41-46(32(8)58-22-12-10-2)30(6)38(52-41)25-42(45)51-37/h23-26,31-32,51-54H,9-22H2,1-8H3,(H,47,55)(H,48,56). The molecule has 2 aliphatic heterocycles. The van der Waals surface area contributed by atoms with Crippen molar-refractivity contribution < 1.29 is 29.3 Å². The van der Waals surface area contributed by atoms with Gasteiger partial charge in [0.2, 0.25) is 11.8 Å². The number of amides is 2. The summed E-state index contributed by atoms with van der Waals surface area (Å²) in [5, 5.41) is 24.1. The van der Waals surface area contributed by atoms with Crippen molar-refractivity contribution in [2.75, 3.05) is 39.5 Å². The molecule has 314 valence electrons. The molecule has 5 heterocycles. The van der Waals surface area contributed by atoms with Gasteiger partial charge in [0.05, 0.1) is 48.2 Å². The Hall–Kier alpha value is -4.62. The van der Waals surface area contributed by atoms with E-state index in [0.29, 0.717) is 37.4 Å². The van der Waals surface area contributed by atoms with Crippen molar-refractivity contribution in [2.45, 2.75) is 119 Å². The highest BCUT2D eigenvalue weighted by Gasteiger charge is 2.24. The van der Waals surface area contributed by atoms with Crippen molar-refractivity contribution in [1.82, 2.24) is 30.6 Å². The zero-order valence-corrected chi connectivity index (χ0v) is 35.8. The van der Waals surface area contributed by atoms with Crippen molar-refractivity contribution in [3.05, 3.63) is 69.3 Å². The number of fused-ring (bicyclic) bond motifs is 8. The number of nitrogens with zero attached hydrogens (tertiary/aromatic N) is 2. The zero-order valence-electron chi connectivity index (χ0n) is 35.8. The summed E-state index contributed by atoms with van der Waals surface area (Å²) in [4.78, 5) is 43.5. The second-order valence-corrected chi connectivity index (χ2v) is 15.4. The first kappa shape index (κ1) is 44.5. The highest BCUT2D eigenvalue weighted by molar-refractivity contribution is 5.97. The molecule has 0 saturated carbocycles. The summed E-state index contributed by atoms with van der Waals surface area (Å²) in [6.07, 6.45) is 5.00. The number of aromatic nitrogens is 4. The Morgan fingerprint density at radius 3 is 1.48 bits per heavy atom. The monoisotopic (exact) mass is 796 g/mol. The van der Waals surface area contributed by atoms with E-state index in [9.17, 15) is 19.8 Å². The van der Waals surface area contributed by atoms with Crippen molar-refractivity contribution in [3.8, 4) is 0 Å². The summed E-state index contributed by atoms with van der Waals surface area (Å²) in [6, 6.07) is 8.33. The van der Waals surface area contributed by atoms with E-state index in [1.807, 2.05) is 19.9 Å². The van der Waals surface area contributed by atoms with Crippen LogP contribution in [0, 0.1) is 13.8 Å². The maximum Gasteiger partial charge on any atom is 0.220 e. The molecular weight excluding hydrogens is 733 g/mol. The largest absolute Gasteiger partial charge is 0.395 e. The number of ether oxygens (including phenoxy) is 2. The van der Waals surface area contributed by atoms with Gasteiger partial charge in [0.25, 0.3) is 0 Å². The Bertz CT molecular complexity index is 2180. The molecule has 8 bridgehead atoms. The molecule has 0 aromatic carbocycles. The van der Waals surface area contributed by atoms with Gasteiger partial charge in [0.1, 0.15) is 0 Å². The number of nitrogens with one attached hydrogen (secondary N) is 4. The van der Waals surface area contributed by atoms with Crippen LogP contribution in [0.4, 0.5) is 0 Å². The third kappa shape index (κ3) is 10.5. The first-order valence-corrected chi connectivity index (χ1v) is 21.1. The molecule has 58 heavy (non-hydrogen) atoms. The van der Waals surface area contributed by atoms with Crippen LogP contribution in [0.15, 0.2) is 24.3 Å². The molecule has 0 spiro atoms. The number of unbranched alkanes of at least 4 members (excludes halogenated alkanes) is 2. The van der Waals surface area contributed by atoms with E-state index in [0.717, 1.165) is 104 Å². The maximum absolute atomic E-state index is 12.8. The lowest BCUT2D eigenvalue weighted by molar-refractivity contribution is -0.121. The summed E-state index contributed by atoms with van der Waals surface area (Å²) >= 11 is 0. The molecule has 3 aromatic rings. The highest BCUT2D eigenvalue weighted by atomic mass is 16.5. The molecule has 12 nitrogen and oxygen atoms in total. The molecular formula is C46H64N6O6. The molecule has 6 N–H and O–H groups in total. The number of allylic oxidation sites excluding steroid dienone is 4. The summed E-state index contributed by atoms with van der Waals surface area (Å²) < 4.78 is 12.9. The Morgan fingerprint density at radius 1 is 0.638 bits per heavy atom. The lowest BCUT2D eigenvalue weighted by Gasteiger charge is -2.14. The van der Waals surface area contributed by atoms with Crippen molar-refractivity contribution in [1.29, 1.82) is 0 Å². The second kappa shape index (κ2) is 20.9. The van der Waals surface area contributed by atoms with Gasteiger partial charge in [-0.1, -0.05) is 26.7 Å². The molecule has 3 aromatic heterocycles. The fourth-order valence-electron chi connectivity index (χ4n) is 7.84. The lowest BCUT2D eigenvalue weighted by atomic mass is 9.98. The van der Waals surface area contributed by atoms with Gasteiger partial charge in [0.15, 0.2) is 0 Å². The van der Waals surface area contributed by atoms with Crippen LogP contribution in [0.2, 0.25) is 0 Å². The zero-order chi connectivity index (χ0) is 41.9. The average molecular weight is 797 g/mol. The Balaban J connectivity index is 1.83. The molecule has 0 aliphatic carbocycles. The Kier molecular flexibility index (Phi) is 16.0. The van der Waals surface area contributed by atoms with Gasteiger partial charge in [-0.15, -0.1) is 0 Å². The van der Waals surface area contributed by atoms with Crippen LogP contribution in [0.3, 0.4) is 0 Å². The van der Waals surface area contributed by atoms with E-state index in [-0.39, 0.29) is 63.2 Å². The number of aliphatic hydroxyl groups is 2. The van der Waals surface area contributed by atoms with Crippen LogP contribution in [0.1, 0.15) is 150 Å². The normalized spacial score (nSPS) is 14.0. The predicted molar refractivity (Wildman–Crippen MR) is 233 cm³/mol. The van der Waals surface area contributed by atoms with Crippen LogP contribution in [0.5, 0.6) is 0 Å². The first-order valence-electron chi connectivity index (χ1n) is 21.1. The molecule has 5 rings (SSSR count). The van der Waals surface area contributed by atoms with Crippen molar-refractivity contribution in [2.24, 2.45) is 0 Å².